The Kier molecular flexibility index (Phi) is 6.93. The first-order chi connectivity index (χ1) is 15.3. The number of amides is 1. The van der Waals surface area contributed by atoms with E-state index in [0.717, 1.165) is 5.56 Å². The molecule has 3 rings (SSSR count). The largest absolute Gasteiger partial charge is 0.493 e. The van der Waals surface area contributed by atoms with Crippen molar-refractivity contribution in [3.63, 3.8) is 0 Å². The van der Waals surface area contributed by atoms with E-state index in [1.165, 1.54) is 37.5 Å². The van der Waals surface area contributed by atoms with Gasteiger partial charge in [0.25, 0.3) is 5.91 Å². The number of nitrogens with one attached hydrogen (secondary N) is 1. The molecular weight excluding hydrogens is 428 g/mol. The molecule has 0 aliphatic carbocycles. The van der Waals surface area contributed by atoms with Crippen molar-refractivity contribution in [3.8, 4) is 17.6 Å². The number of hydrogen-bond donors (Lipinski definition) is 1. The molecule has 0 atom stereocenters. The van der Waals surface area contributed by atoms with Crippen molar-refractivity contribution in [3.05, 3.63) is 89.5 Å². The van der Waals surface area contributed by atoms with E-state index in [0.29, 0.717) is 5.69 Å². The van der Waals surface area contributed by atoms with Crippen LogP contribution in [0.1, 0.15) is 11.1 Å². The van der Waals surface area contributed by atoms with Crippen LogP contribution in [-0.4, -0.2) is 21.4 Å². The predicted octanol–water partition coefficient (Wildman–Crippen LogP) is 4.32. The van der Waals surface area contributed by atoms with Gasteiger partial charge in [0.1, 0.15) is 16.5 Å². The average Bonchev–Trinajstić information content (AvgIpc) is 2.80. The third kappa shape index (κ3) is 5.33. The van der Waals surface area contributed by atoms with Crippen molar-refractivity contribution in [1.29, 1.82) is 5.26 Å². The van der Waals surface area contributed by atoms with Crippen LogP contribution in [0.4, 0.5) is 5.69 Å². The molecule has 3 aromatic rings. The lowest BCUT2D eigenvalue weighted by molar-refractivity contribution is -0.112. The molecule has 0 unspecified atom stereocenters. The fraction of sp³-hybridized carbons (Fsp3) is 0.0833. The maximum absolute atomic E-state index is 12.7. The summed E-state index contributed by atoms with van der Waals surface area (Å²) in [6.45, 7) is 1.92. The molecule has 1 amide bonds. The van der Waals surface area contributed by atoms with Crippen molar-refractivity contribution >= 4 is 27.8 Å². The van der Waals surface area contributed by atoms with Gasteiger partial charge in [-0.15, -0.1) is 0 Å². The smallest absolute Gasteiger partial charge is 0.339 e. The van der Waals surface area contributed by atoms with Gasteiger partial charge >= 0.3 is 10.1 Å². The summed E-state index contributed by atoms with van der Waals surface area (Å²) >= 11 is 0. The third-order valence-electron chi connectivity index (χ3n) is 4.43. The molecule has 0 radical (unpaired) electrons. The number of aryl methyl sites for hydroxylation is 1. The number of carbonyl (C=O) groups is 1. The van der Waals surface area contributed by atoms with E-state index in [9.17, 15) is 18.5 Å². The van der Waals surface area contributed by atoms with Crippen LogP contribution < -0.4 is 14.2 Å². The number of nitriles is 1. The Bertz CT molecular complexity index is 1290. The highest BCUT2D eigenvalue weighted by Crippen LogP contribution is 2.35. The van der Waals surface area contributed by atoms with E-state index < -0.39 is 16.0 Å². The molecule has 0 bridgehead atoms. The highest BCUT2D eigenvalue weighted by molar-refractivity contribution is 7.87. The lowest BCUT2D eigenvalue weighted by atomic mass is 10.1. The molecule has 7 nitrogen and oxygen atoms in total. The number of rotatable bonds is 7. The fourth-order valence-electron chi connectivity index (χ4n) is 2.78. The molecule has 0 aromatic heterocycles. The molecule has 0 spiro atoms. The second kappa shape index (κ2) is 9.81. The lowest BCUT2D eigenvalue weighted by Crippen LogP contribution is -2.14. The number of carbonyl (C=O) groups excluding carboxylic acids is 1. The van der Waals surface area contributed by atoms with Crippen molar-refractivity contribution < 1.29 is 22.1 Å². The Morgan fingerprint density at radius 1 is 1.00 bits per heavy atom. The summed E-state index contributed by atoms with van der Waals surface area (Å²) in [4.78, 5) is 12.6. The number of nitrogens with zero attached hydrogens (tertiary/aromatic N) is 1. The summed E-state index contributed by atoms with van der Waals surface area (Å²) in [5.74, 6) is -0.639. The summed E-state index contributed by atoms with van der Waals surface area (Å²) in [5.41, 5.74) is 1.51. The first kappa shape index (κ1) is 22.6. The second-order valence-corrected chi connectivity index (χ2v) is 8.27. The first-order valence-electron chi connectivity index (χ1n) is 9.50. The number of ether oxygens (including phenoxy) is 1. The van der Waals surface area contributed by atoms with Gasteiger partial charge < -0.3 is 14.2 Å². The normalized spacial score (nSPS) is 11.3. The molecule has 0 aliphatic rings. The van der Waals surface area contributed by atoms with E-state index in [2.05, 4.69) is 5.32 Å². The van der Waals surface area contributed by atoms with E-state index in [4.69, 9.17) is 8.92 Å². The zero-order valence-electron chi connectivity index (χ0n) is 17.4. The number of hydrogen-bond acceptors (Lipinski definition) is 6. The standard InChI is InChI=1S/C24H20N2O5S/c1-17-11-13-20(14-12-17)26-24(27)19(16-25)15-18-7-6-10-22(30-2)23(18)31-32(28,29)21-8-4-3-5-9-21/h3-15H,1-2H3,(H,26,27)/b19-15+. The number of benzene rings is 3. The van der Waals surface area contributed by atoms with Crippen LogP contribution in [0.15, 0.2) is 83.3 Å². The SMILES string of the molecule is COc1cccc(/C=C(\C#N)C(=O)Nc2ccc(C)cc2)c1OS(=O)(=O)c1ccccc1. The predicted molar refractivity (Wildman–Crippen MR) is 121 cm³/mol. The summed E-state index contributed by atoms with van der Waals surface area (Å²) in [6.07, 6.45) is 1.25. The van der Waals surface area contributed by atoms with E-state index in [-0.39, 0.29) is 27.5 Å². The van der Waals surface area contributed by atoms with Crippen LogP contribution in [0.2, 0.25) is 0 Å². The Morgan fingerprint density at radius 2 is 1.69 bits per heavy atom. The number of methoxy groups -OCH3 is 1. The fourth-order valence-corrected chi connectivity index (χ4v) is 3.77. The molecular formula is C24H20N2O5S. The summed E-state index contributed by atoms with van der Waals surface area (Å²) in [7, 11) is -2.82. The molecule has 0 saturated carbocycles. The highest BCUT2D eigenvalue weighted by atomic mass is 32.2. The second-order valence-electron chi connectivity index (χ2n) is 6.72. The van der Waals surface area contributed by atoms with Gasteiger partial charge in [0.05, 0.1) is 7.11 Å². The first-order valence-corrected chi connectivity index (χ1v) is 10.9. The maximum Gasteiger partial charge on any atom is 0.339 e. The summed E-state index contributed by atoms with van der Waals surface area (Å²) in [5, 5.41) is 12.2. The average molecular weight is 449 g/mol. The Labute approximate surface area is 186 Å². The van der Waals surface area contributed by atoms with Gasteiger partial charge in [0.15, 0.2) is 11.5 Å². The molecule has 0 aliphatic heterocycles. The van der Waals surface area contributed by atoms with Crippen molar-refractivity contribution in [1.82, 2.24) is 0 Å². The van der Waals surface area contributed by atoms with E-state index in [1.807, 2.05) is 25.1 Å². The Balaban J connectivity index is 1.98. The van der Waals surface area contributed by atoms with Crippen LogP contribution in [0.5, 0.6) is 11.5 Å². The minimum atomic E-state index is -4.18. The van der Waals surface area contributed by atoms with Crippen LogP contribution in [-0.2, 0) is 14.9 Å². The number of para-hydroxylation sites is 1. The highest BCUT2D eigenvalue weighted by Gasteiger charge is 2.22. The van der Waals surface area contributed by atoms with Crippen LogP contribution in [0.25, 0.3) is 6.08 Å². The van der Waals surface area contributed by atoms with Crippen molar-refractivity contribution in [2.75, 3.05) is 12.4 Å². The quantitative estimate of drug-likeness (QED) is 0.328. The van der Waals surface area contributed by atoms with Crippen LogP contribution in [0, 0.1) is 18.3 Å². The zero-order chi connectivity index (χ0) is 23.1. The minimum absolute atomic E-state index is 0.0431. The van der Waals surface area contributed by atoms with Crippen molar-refractivity contribution in [2.45, 2.75) is 11.8 Å². The zero-order valence-corrected chi connectivity index (χ0v) is 18.2. The van der Waals surface area contributed by atoms with Gasteiger partial charge in [-0.2, -0.15) is 13.7 Å². The lowest BCUT2D eigenvalue weighted by Gasteiger charge is -2.13. The topological polar surface area (TPSA) is 105 Å². The van der Waals surface area contributed by atoms with Crippen LogP contribution in [0.3, 0.4) is 0 Å². The van der Waals surface area contributed by atoms with Crippen molar-refractivity contribution in [2.24, 2.45) is 0 Å². The van der Waals surface area contributed by atoms with Gasteiger partial charge in [-0.05, 0) is 43.3 Å². The van der Waals surface area contributed by atoms with E-state index in [1.54, 1.807) is 36.4 Å². The summed E-state index contributed by atoms with van der Waals surface area (Å²) < 4.78 is 36.1. The van der Waals surface area contributed by atoms with Gasteiger partial charge in [0, 0.05) is 11.3 Å². The molecule has 1 N–H and O–H groups in total. The molecule has 162 valence electrons. The van der Waals surface area contributed by atoms with Gasteiger partial charge in [-0.25, -0.2) is 0 Å². The van der Waals surface area contributed by atoms with Gasteiger partial charge in [0.2, 0.25) is 0 Å². The van der Waals surface area contributed by atoms with Gasteiger partial charge in [-0.3, -0.25) is 4.79 Å². The molecule has 0 saturated heterocycles. The Morgan fingerprint density at radius 3 is 2.31 bits per heavy atom. The molecule has 0 fully saturated rings. The minimum Gasteiger partial charge on any atom is -0.493 e. The summed E-state index contributed by atoms with van der Waals surface area (Å²) in [6, 6.07) is 21.2. The van der Waals surface area contributed by atoms with E-state index >= 15 is 0 Å². The maximum atomic E-state index is 12.7. The third-order valence-corrected chi connectivity index (χ3v) is 5.66. The molecule has 0 heterocycles. The monoisotopic (exact) mass is 448 g/mol. The molecule has 8 heteroatoms. The number of anilines is 1. The Hall–Kier alpha value is -4.09. The van der Waals surface area contributed by atoms with Crippen LogP contribution >= 0.6 is 0 Å². The van der Waals surface area contributed by atoms with Gasteiger partial charge in [-0.1, -0.05) is 48.0 Å². The molecule has 3 aromatic carbocycles. The molecule has 32 heavy (non-hydrogen) atoms.